The van der Waals surface area contributed by atoms with Crippen LogP contribution in [0.25, 0.3) is 5.57 Å². The van der Waals surface area contributed by atoms with Crippen molar-refractivity contribution in [2.24, 2.45) is 5.73 Å². The molecule has 0 aromatic carbocycles. The molecule has 0 aliphatic carbocycles. The zero-order chi connectivity index (χ0) is 12.1. The topological polar surface area (TPSA) is 108 Å². The summed E-state index contributed by atoms with van der Waals surface area (Å²) in [7, 11) is 0. The summed E-state index contributed by atoms with van der Waals surface area (Å²) in [5.41, 5.74) is 12.2. The number of aromatic nitrogens is 1. The molecule has 1 aromatic heterocycles. The molecule has 0 amide bonds. The van der Waals surface area contributed by atoms with Gasteiger partial charge in [0, 0.05) is 17.8 Å². The van der Waals surface area contributed by atoms with Gasteiger partial charge in [0.25, 0.3) is 0 Å². The average molecular weight is 222 g/mol. The number of nitrogens with two attached hydrogens (primary N) is 2. The van der Waals surface area contributed by atoms with E-state index in [0.717, 1.165) is 12.0 Å². The van der Waals surface area contributed by atoms with Gasteiger partial charge in [0.1, 0.15) is 0 Å². The lowest BCUT2D eigenvalue weighted by Gasteiger charge is -2.02. The summed E-state index contributed by atoms with van der Waals surface area (Å²) < 4.78 is 0. The molecule has 16 heavy (non-hydrogen) atoms. The van der Waals surface area contributed by atoms with E-state index in [-0.39, 0.29) is 11.5 Å². The molecule has 0 bridgehead atoms. The van der Waals surface area contributed by atoms with Crippen LogP contribution in [0.15, 0.2) is 18.3 Å². The van der Waals surface area contributed by atoms with Gasteiger partial charge < -0.3 is 11.5 Å². The standard InChI is InChI=1S/C10H14N4O2/c1-7(3-2-4-11)8-5-9(14(15)16)10(12)13-6-8/h3,5-6H,2,4,11H2,1H3,(H2,12,13). The van der Waals surface area contributed by atoms with Crippen LogP contribution in [-0.4, -0.2) is 16.5 Å². The molecule has 0 radical (unpaired) electrons. The van der Waals surface area contributed by atoms with Gasteiger partial charge in [-0.2, -0.15) is 0 Å². The monoisotopic (exact) mass is 222 g/mol. The summed E-state index contributed by atoms with van der Waals surface area (Å²) in [6, 6.07) is 1.42. The first-order chi connectivity index (χ1) is 7.56. The van der Waals surface area contributed by atoms with Crippen molar-refractivity contribution in [3.05, 3.63) is 34.0 Å². The second-order valence-corrected chi connectivity index (χ2v) is 3.35. The first-order valence-corrected chi connectivity index (χ1v) is 4.83. The van der Waals surface area contributed by atoms with Gasteiger partial charge in [-0.3, -0.25) is 10.1 Å². The predicted octanol–water partition coefficient (Wildman–Crippen LogP) is 1.32. The maximum absolute atomic E-state index is 10.7. The molecule has 0 atom stereocenters. The lowest BCUT2D eigenvalue weighted by Crippen LogP contribution is -2.00. The molecular weight excluding hydrogens is 208 g/mol. The number of hydrogen-bond donors (Lipinski definition) is 2. The minimum Gasteiger partial charge on any atom is -0.378 e. The van der Waals surface area contributed by atoms with Crippen molar-refractivity contribution in [1.29, 1.82) is 0 Å². The van der Waals surface area contributed by atoms with E-state index >= 15 is 0 Å². The van der Waals surface area contributed by atoms with E-state index in [1.807, 2.05) is 13.0 Å². The van der Waals surface area contributed by atoms with Gasteiger partial charge in [0.05, 0.1) is 4.92 Å². The first kappa shape index (κ1) is 12.1. The van der Waals surface area contributed by atoms with Gasteiger partial charge in [0.2, 0.25) is 5.82 Å². The molecule has 1 heterocycles. The van der Waals surface area contributed by atoms with Gasteiger partial charge in [0.15, 0.2) is 0 Å². The Balaban J connectivity index is 3.07. The molecule has 6 heteroatoms. The van der Waals surface area contributed by atoms with Crippen molar-refractivity contribution in [2.75, 3.05) is 12.3 Å². The van der Waals surface area contributed by atoms with Crippen LogP contribution in [0.1, 0.15) is 18.9 Å². The smallest absolute Gasteiger partial charge is 0.311 e. The van der Waals surface area contributed by atoms with Gasteiger partial charge >= 0.3 is 5.69 Å². The van der Waals surface area contributed by atoms with Crippen LogP contribution in [0.2, 0.25) is 0 Å². The fourth-order valence-electron chi connectivity index (χ4n) is 1.24. The third kappa shape index (κ3) is 2.77. The second-order valence-electron chi connectivity index (χ2n) is 3.35. The first-order valence-electron chi connectivity index (χ1n) is 4.83. The highest BCUT2D eigenvalue weighted by Crippen LogP contribution is 2.23. The summed E-state index contributed by atoms with van der Waals surface area (Å²) >= 11 is 0. The molecule has 0 unspecified atom stereocenters. The lowest BCUT2D eigenvalue weighted by molar-refractivity contribution is -0.384. The summed E-state index contributed by atoms with van der Waals surface area (Å²) in [5.74, 6) is -0.0691. The Bertz CT molecular complexity index is 429. The lowest BCUT2D eigenvalue weighted by atomic mass is 10.1. The largest absolute Gasteiger partial charge is 0.378 e. The summed E-state index contributed by atoms with van der Waals surface area (Å²) in [5, 5.41) is 10.7. The number of hydrogen-bond acceptors (Lipinski definition) is 5. The number of nitrogens with zero attached hydrogens (tertiary/aromatic N) is 2. The van der Waals surface area contributed by atoms with Crippen molar-refractivity contribution >= 4 is 17.1 Å². The maximum Gasteiger partial charge on any atom is 0.311 e. The van der Waals surface area contributed by atoms with Crippen LogP contribution in [0.4, 0.5) is 11.5 Å². The second kappa shape index (κ2) is 5.22. The molecule has 0 saturated heterocycles. The van der Waals surface area contributed by atoms with E-state index in [0.29, 0.717) is 12.1 Å². The van der Waals surface area contributed by atoms with Crippen LogP contribution in [0.3, 0.4) is 0 Å². The summed E-state index contributed by atoms with van der Waals surface area (Å²) in [4.78, 5) is 13.9. The highest BCUT2D eigenvalue weighted by atomic mass is 16.6. The SMILES string of the molecule is CC(=CCCN)c1cnc(N)c([N+](=O)[O-])c1. The Hall–Kier alpha value is -1.95. The van der Waals surface area contributed by atoms with Crippen molar-refractivity contribution < 1.29 is 4.92 Å². The number of pyridine rings is 1. The number of nitrogen functional groups attached to an aromatic ring is 1. The molecule has 0 aliphatic rings. The minimum absolute atomic E-state index is 0.0691. The van der Waals surface area contributed by atoms with Crippen LogP contribution in [0, 0.1) is 10.1 Å². The molecule has 0 spiro atoms. The maximum atomic E-state index is 10.7. The molecule has 1 aromatic rings. The molecule has 0 saturated carbocycles. The molecule has 1 rings (SSSR count). The average Bonchev–Trinajstić information content (AvgIpc) is 2.26. The number of nitro groups is 1. The van der Waals surface area contributed by atoms with E-state index in [9.17, 15) is 10.1 Å². The van der Waals surface area contributed by atoms with E-state index in [2.05, 4.69) is 4.98 Å². The third-order valence-corrected chi connectivity index (χ3v) is 2.17. The van der Waals surface area contributed by atoms with E-state index in [1.165, 1.54) is 12.3 Å². The molecular formula is C10H14N4O2. The fraction of sp³-hybridized carbons (Fsp3) is 0.300. The Morgan fingerprint density at radius 3 is 2.94 bits per heavy atom. The summed E-state index contributed by atoms with van der Waals surface area (Å²) in [6.07, 6.45) is 4.16. The van der Waals surface area contributed by atoms with E-state index in [4.69, 9.17) is 11.5 Å². The van der Waals surface area contributed by atoms with Crippen LogP contribution in [0.5, 0.6) is 0 Å². The van der Waals surface area contributed by atoms with Crippen molar-refractivity contribution in [3.8, 4) is 0 Å². The molecule has 0 aliphatic heterocycles. The van der Waals surface area contributed by atoms with E-state index < -0.39 is 4.92 Å². The zero-order valence-corrected chi connectivity index (χ0v) is 9.01. The number of anilines is 1. The highest BCUT2D eigenvalue weighted by Gasteiger charge is 2.13. The summed E-state index contributed by atoms with van der Waals surface area (Å²) in [6.45, 7) is 2.40. The highest BCUT2D eigenvalue weighted by molar-refractivity contribution is 5.68. The Labute approximate surface area is 93.1 Å². The third-order valence-electron chi connectivity index (χ3n) is 2.17. The molecule has 6 nitrogen and oxygen atoms in total. The van der Waals surface area contributed by atoms with Crippen LogP contribution < -0.4 is 11.5 Å². The van der Waals surface area contributed by atoms with Crippen molar-refractivity contribution in [2.45, 2.75) is 13.3 Å². The molecule has 4 N–H and O–H groups in total. The van der Waals surface area contributed by atoms with Gasteiger partial charge in [-0.25, -0.2) is 4.98 Å². The molecule has 0 fully saturated rings. The van der Waals surface area contributed by atoms with Crippen molar-refractivity contribution in [1.82, 2.24) is 4.98 Å². The zero-order valence-electron chi connectivity index (χ0n) is 9.01. The van der Waals surface area contributed by atoms with E-state index in [1.54, 1.807) is 0 Å². The van der Waals surface area contributed by atoms with Gasteiger partial charge in [-0.15, -0.1) is 0 Å². The normalized spacial score (nSPS) is 11.5. The quantitative estimate of drug-likeness (QED) is 0.590. The number of allylic oxidation sites excluding steroid dienone is 1. The van der Waals surface area contributed by atoms with Gasteiger partial charge in [-0.05, 0) is 25.5 Å². The Kier molecular flexibility index (Phi) is 3.96. The number of rotatable bonds is 4. The Morgan fingerprint density at radius 2 is 2.38 bits per heavy atom. The Morgan fingerprint density at radius 1 is 1.69 bits per heavy atom. The van der Waals surface area contributed by atoms with Crippen LogP contribution in [-0.2, 0) is 0 Å². The molecule has 86 valence electrons. The van der Waals surface area contributed by atoms with Crippen LogP contribution >= 0.6 is 0 Å². The fourth-order valence-corrected chi connectivity index (χ4v) is 1.24. The van der Waals surface area contributed by atoms with Crippen molar-refractivity contribution in [3.63, 3.8) is 0 Å². The van der Waals surface area contributed by atoms with Gasteiger partial charge in [-0.1, -0.05) is 6.08 Å². The minimum atomic E-state index is -0.540. The predicted molar refractivity (Wildman–Crippen MR) is 62.6 cm³/mol.